The quantitative estimate of drug-likeness (QED) is 0.736. The minimum atomic E-state index is 0.799. The standard InChI is InChI=1S/C14H19N/c1-10-4-2-3-5-14(10)11-8-12-6-7-13(9-11)15-12/h2-5,11-13,15H,6-9H2,1H3. The minimum Gasteiger partial charge on any atom is -0.311 e. The van der Waals surface area contributed by atoms with Crippen LogP contribution in [0.15, 0.2) is 24.3 Å². The van der Waals surface area contributed by atoms with E-state index in [1.165, 1.54) is 31.2 Å². The van der Waals surface area contributed by atoms with E-state index >= 15 is 0 Å². The molecule has 1 aromatic rings. The Morgan fingerprint density at radius 1 is 1.07 bits per heavy atom. The Kier molecular flexibility index (Phi) is 2.28. The van der Waals surface area contributed by atoms with Crippen molar-refractivity contribution < 1.29 is 0 Å². The summed E-state index contributed by atoms with van der Waals surface area (Å²) in [5.41, 5.74) is 3.07. The smallest absolute Gasteiger partial charge is 0.00760 e. The monoisotopic (exact) mass is 201 g/mol. The summed E-state index contributed by atoms with van der Waals surface area (Å²) in [7, 11) is 0. The third kappa shape index (κ3) is 1.69. The van der Waals surface area contributed by atoms with E-state index in [-0.39, 0.29) is 0 Å². The largest absolute Gasteiger partial charge is 0.311 e. The highest BCUT2D eigenvalue weighted by atomic mass is 15.0. The summed E-state index contributed by atoms with van der Waals surface area (Å²) in [5, 5.41) is 3.71. The molecule has 1 aromatic carbocycles. The van der Waals surface area contributed by atoms with Crippen molar-refractivity contribution in [2.75, 3.05) is 0 Å². The van der Waals surface area contributed by atoms with Crippen molar-refractivity contribution in [3.63, 3.8) is 0 Å². The SMILES string of the molecule is Cc1ccccc1C1CC2CCC(C1)N2. The highest BCUT2D eigenvalue weighted by Crippen LogP contribution is 2.38. The summed E-state index contributed by atoms with van der Waals surface area (Å²) in [4.78, 5) is 0. The zero-order chi connectivity index (χ0) is 10.3. The molecule has 2 bridgehead atoms. The van der Waals surface area contributed by atoms with Gasteiger partial charge in [-0.2, -0.15) is 0 Å². The molecule has 2 atom stereocenters. The molecule has 0 radical (unpaired) electrons. The van der Waals surface area contributed by atoms with Crippen LogP contribution in [0.4, 0.5) is 0 Å². The molecule has 0 aliphatic carbocycles. The van der Waals surface area contributed by atoms with Gasteiger partial charge in [-0.25, -0.2) is 0 Å². The lowest BCUT2D eigenvalue weighted by molar-refractivity contribution is 0.362. The molecule has 2 saturated heterocycles. The molecule has 15 heavy (non-hydrogen) atoms. The first-order chi connectivity index (χ1) is 7.33. The number of aryl methyl sites for hydroxylation is 1. The van der Waals surface area contributed by atoms with E-state index in [1.807, 2.05) is 0 Å². The fraction of sp³-hybridized carbons (Fsp3) is 0.571. The average molecular weight is 201 g/mol. The van der Waals surface area contributed by atoms with Crippen molar-refractivity contribution in [2.45, 2.75) is 50.6 Å². The van der Waals surface area contributed by atoms with Crippen LogP contribution in [0.2, 0.25) is 0 Å². The average Bonchev–Trinajstić information content (AvgIpc) is 2.58. The van der Waals surface area contributed by atoms with Gasteiger partial charge < -0.3 is 5.32 Å². The van der Waals surface area contributed by atoms with Gasteiger partial charge in [0.25, 0.3) is 0 Å². The van der Waals surface area contributed by atoms with E-state index in [4.69, 9.17) is 0 Å². The molecule has 3 rings (SSSR count). The second-order valence-electron chi connectivity index (χ2n) is 5.16. The van der Waals surface area contributed by atoms with Crippen LogP contribution >= 0.6 is 0 Å². The highest BCUT2D eigenvalue weighted by Gasteiger charge is 2.34. The van der Waals surface area contributed by atoms with Crippen molar-refractivity contribution in [1.82, 2.24) is 5.32 Å². The number of hydrogen-bond acceptors (Lipinski definition) is 1. The van der Waals surface area contributed by atoms with Gasteiger partial charge in [-0.15, -0.1) is 0 Å². The van der Waals surface area contributed by atoms with Crippen LogP contribution in [0, 0.1) is 6.92 Å². The molecule has 80 valence electrons. The van der Waals surface area contributed by atoms with E-state index in [9.17, 15) is 0 Å². The molecule has 0 saturated carbocycles. The van der Waals surface area contributed by atoms with E-state index in [0.717, 1.165) is 18.0 Å². The zero-order valence-electron chi connectivity index (χ0n) is 9.37. The van der Waals surface area contributed by atoms with Gasteiger partial charge >= 0.3 is 0 Å². The van der Waals surface area contributed by atoms with Crippen molar-refractivity contribution in [2.24, 2.45) is 0 Å². The third-order valence-corrected chi connectivity index (χ3v) is 4.10. The van der Waals surface area contributed by atoms with Crippen LogP contribution in [-0.4, -0.2) is 12.1 Å². The molecule has 2 fully saturated rings. The Morgan fingerprint density at radius 3 is 2.40 bits per heavy atom. The number of hydrogen-bond donors (Lipinski definition) is 1. The fourth-order valence-electron chi connectivity index (χ4n) is 3.36. The normalized spacial score (nSPS) is 34.3. The molecule has 1 N–H and O–H groups in total. The first-order valence-corrected chi connectivity index (χ1v) is 6.14. The molecular formula is C14H19N. The first kappa shape index (κ1) is 9.41. The van der Waals surface area contributed by atoms with Crippen molar-refractivity contribution in [1.29, 1.82) is 0 Å². The second-order valence-corrected chi connectivity index (χ2v) is 5.16. The first-order valence-electron chi connectivity index (χ1n) is 6.14. The van der Waals surface area contributed by atoms with Gasteiger partial charge in [0.15, 0.2) is 0 Å². The molecule has 2 heterocycles. The van der Waals surface area contributed by atoms with Gasteiger partial charge in [0.1, 0.15) is 0 Å². The Balaban J connectivity index is 1.86. The molecule has 1 nitrogen and oxygen atoms in total. The molecule has 2 aliphatic heterocycles. The summed E-state index contributed by atoms with van der Waals surface area (Å²) in [6, 6.07) is 10.5. The number of piperidine rings is 1. The lowest BCUT2D eigenvalue weighted by Crippen LogP contribution is -2.37. The molecule has 2 aliphatic rings. The second kappa shape index (κ2) is 3.64. The third-order valence-electron chi connectivity index (χ3n) is 4.10. The summed E-state index contributed by atoms with van der Waals surface area (Å²) in [6.07, 6.45) is 5.49. The summed E-state index contributed by atoms with van der Waals surface area (Å²) >= 11 is 0. The minimum absolute atomic E-state index is 0.799. The van der Waals surface area contributed by atoms with E-state index < -0.39 is 0 Å². The van der Waals surface area contributed by atoms with Crippen LogP contribution in [-0.2, 0) is 0 Å². The highest BCUT2D eigenvalue weighted by molar-refractivity contribution is 5.30. The molecule has 0 amide bonds. The maximum atomic E-state index is 3.71. The van der Waals surface area contributed by atoms with Gasteiger partial charge in [-0.1, -0.05) is 24.3 Å². The van der Waals surface area contributed by atoms with Gasteiger partial charge in [0, 0.05) is 12.1 Å². The lowest BCUT2D eigenvalue weighted by Gasteiger charge is -2.30. The zero-order valence-corrected chi connectivity index (χ0v) is 9.37. The summed E-state index contributed by atoms with van der Waals surface area (Å²) in [6.45, 7) is 2.25. The fourth-order valence-corrected chi connectivity index (χ4v) is 3.36. The maximum Gasteiger partial charge on any atom is 0.00760 e. The van der Waals surface area contributed by atoms with Crippen LogP contribution < -0.4 is 5.32 Å². The summed E-state index contributed by atoms with van der Waals surface area (Å²) in [5.74, 6) is 0.810. The van der Waals surface area contributed by atoms with E-state index in [1.54, 1.807) is 5.56 Å². The number of fused-ring (bicyclic) bond motifs is 2. The van der Waals surface area contributed by atoms with E-state index in [2.05, 4.69) is 36.5 Å². The molecular weight excluding hydrogens is 182 g/mol. The van der Waals surface area contributed by atoms with Crippen molar-refractivity contribution in [3.8, 4) is 0 Å². The predicted octanol–water partition coefficient (Wildman–Crippen LogP) is 2.99. The topological polar surface area (TPSA) is 12.0 Å². The van der Waals surface area contributed by atoms with Gasteiger partial charge in [-0.05, 0) is 49.7 Å². The Labute approximate surface area is 91.9 Å². The Bertz CT molecular complexity index is 346. The summed E-state index contributed by atoms with van der Waals surface area (Å²) < 4.78 is 0. The molecule has 0 aromatic heterocycles. The Hall–Kier alpha value is -0.820. The van der Waals surface area contributed by atoms with Crippen LogP contribution in [0.3, 0.4) is 0 Å². The van der Waals surface area contributed by atoms with Crippen LogP contribution in [0.5, 0.6) is 0 Å². The van der Waals surface area contributed by atoms with E-state index in [0.29, 0.717) is 0 Å². The van der Waals surface area contributed by atoms with Gasteiger partial charge in [0.2, 0.25) is 0 Å². The lowest BCUT2D eigenvalue weighted by atomic mass is 9.84. The predicted molar refractivity (Wildman–Crippen MR) is 63.1 cm³/mol. The Morgan fingerprint density at radius 2 is 1.73 bits per heavy atom. The van der Waals surface area contributed by atoms with Gasteiger partial charge in [-0.3, -0.25) is 0 Å². The molecule has 0 spiro atoms. The molecule has 2 unspecified atom stereocenters. The van der Waals surface area contributed by atoms with Crippen molar-refractivity contribution >= 4 is 0 Å². The maximum absolute atomic E-state index is 3.71. The molecule has 1 heteroatoms. The number of nitrogens with one attached hydrogen (secondary N) is 1. The van der Waals surface area contributed by atoms with Crippen LogP contribution in [0.1, 0.15) is 42.7 Å². The van der Waals surface area contributed by atoms with Crippen molar-refractivity contribution in [3.05, 3.63) is 35.4 Å². The van der Waals surface area contributed by atoms with Crippen LogP contribution in [0.25, 0.3) is 0 Å². The number of rotatable bonds is 1. The number of benzene rings is 1. The van der Waals surface area contributed by atoms with Gasteiger partial charge in [0.05, 0.1) is 0 Å².